The summed E-state index contributed by atoms with van der Waals surface area (Å²) in [5.41, 5.74) is 5.84. The number of carbonyl (C=O) groups is 1. The van der Waals surface area contributed by atoms with Crippen LogP contribution in [-0.4, -0.2) is 13.0 Å². The van der Waals surface area contributed by atoms with E-state index in [0.29, 0.717) is 0 Å². The summed E-state index contributed by atoms with van der Waals surface area (Å²) in [6.45, 7) is 0. The molecule has 1 rings (SSSR count). The zero-order valence-electron chi connectivity index (χ0n) is 7.36. The summed E-state index contributed by atoms with van der Waals surface area (Å²) in [7, 11) is 1.59. The van der Waals surface area contributed by atoms with Crippen LogP contribution in [0.25, 0.3) is 6.08 Å². The molecule has 0 aliphatic carbocycles. The second kappa shape index (κ2) is 4.30. The van der Waals surface area contributed by atoms with Crippen LogP contribution >= 0.6 is 0 Å². The average molecular weight is 177 g/mol. The van der Waals surface area contributed by atoms with Crippen LogP contribution < -0.4 is 10.5 Å². The SMILES string of the molecule is COc1cccc(/C=C/C(N)=O)c1. The topological polar surface area (TPSA) is 52.3 Å². The van der Waals surface area contributed by atoms with Crippen LogP contribution in [0.1, 0.15) is 5.56 Å². The smallest absolute Gasteiger partial charge is 0.241 e. The normalized spacial score (nSPS) is 10.2. The van der Waals surface area contributed by atoms with E-state index in [1.165, 1.54) is 6.08 Å². The summed E-state index contributed by atoms with van der Waals surface area (Å²) in [5, 5.41) is 0. The number of amides is 1. The standard InChI is InChI=1S/C10H11NO2/c1-13-9-4-2-3-8(7-9)5-6-10(11)12/h2-7H,1H3,(H2,11,12)/b6-5+. The lowest BCUT2D eigenvalue weighted by molar-refractivity contribution is -0.113. The molecule has 0 bridgehead atoms. The number of rotatable bonds is 3. The van der Waals surface area contributed by atoms with Crippen LogP contribution in [0.5, 0.6) is 5.75 Å². The van der Waals surface area contributed by atoms with Crippen molar-refractivity contribution in [2.75, 3.05) is 7.11 Å². The molecule has 1 amide bonds. The average Bonchev–Trinajstić information content (AvgIpc) is 2.15. The zero-order chi connectivity index (χ0) is 9.68. The number of hydrogen-bond donors (Lipinski definition) is 1. The lowest BCUT2D eigenvalue weighted by Crippen LogP contribution is -2.05. The summed E-state index contributed by atoms with van der Waals surface area (Å²) in [6, 6.07) is 7.36. The summed E-state index contributed by atoms with van der Waals surface area (Å²) in [4.78, 5) is 10.4. The minimum absolute atomic E-state index is 0.456. The van der Waals surface area contributed by atoms with E-state index in [0.717, 1.165) is 11.3 Å². The highest BCUT2D eigenvalue weighted by Crippen LogP contribution is 2.13. The molecule has 0 atom stereocenters. The number of methoxy groups -OCH3 is 1. The number of hydrogen-bond acceptors (Lipinski definition) is 2. The Labute approximate surface area is 76.8 Å². The molecule has 3 nitrogen and oxygen atoms in total. The predicted octanol–water partition coefficient (Wildman–Crippen LogP) is 1.19. The molecule has 13 heavy (non-hydrogen) atoms. The fraction of sp³-hybridized carbons (Fsp3) is 0.100. The Morgan fingerprint density at radius 1 is 1.54 bits per heavy atom. The lowest BCUT2D eigenvalue weighted by Gasteiger charge is -1.99. The van der Waals surface area contributed by atoms with Crippen molar-refractivity contribution in [2.24, 2.45) is 5.73 Å². The van der Waals surface area contributed by atoms with Gasteiger partial charge in [0, 0.05) is 6.08 Å². The van der Waals surface area contributed by atoms with Gasteiger partial charge < -0.3 is 10.5 Å². The minimum Gasteiger partial charge on any atom is -0.497 e. The van der Waals surface area contributed by atoms with Gasteiger partial charge in [-0.25, -0.2) is 0 Å². The van der Waals surface area contributed by atoms with Crippen molar-refractivity contribution in [2.45, 2.75) is 0 Å². The summed E-state index contributed by atoms with van der Waals surface area (Å²) in [6.07, 6.45) is 2.96. The quantitative estimate of drug-likeness (QED) is 0.705. The number of benzene rings is 1. The third-order valence-corrected chi connectivity index (χ3v) is 1.53. The van der Waals surface area contributed by atoms with Gasteiger partial charge in [0.15, 0.2) is 0 Å². The van der Waals surface area contributed by atoms with Crippen molar-refractivity contribution in [1.29, 1.82) is 0 Å². The van der Waals surface area contributed by atoms with Gasteiger partial charge in [0.2, 0.25) is 5.91 Å². The van der Waals surface area contributed by atoms with E-state index < -0.39 is 5.91 Å². The maximum absolute atomic E-state index is 10.4. The fourth-order valence-corrected chi connectivity index (χ4v) is 0.924. The molecule has 0 saturated carbocycles. The molecule has 2 N–H and O–H groups in total. The molecule has 0 aliphatic rings. The second-order valence-electron chi connectivity index (χ2n) is 2.51. The first-order valence-corrected chi connectivity index (χ1v) is 3.84. The summed E-state index contributed by atoms with van der Waals surface area (Å²) < 4.78 is 5.01. The van der Waals surface area contributed by atoms with E-state index in [9.17, 15) is 4.79 Å². The van der Waals surface area contributed by atoms with Crippen molar-refractivity contribution in [3.63, 3.8) is 0 Å². The molecule has 0 unspecified atom stereocenters. The number of carbonyl (C=O) groups excluding carboxylic acids is 1. The Morgan fingerprint density at radius 2 is 2.31 bits per heavy atom. The predicted molar refractivity (Wildman–Crippen MR) is 51.2 cm³/mol. The van der Waals surface area contributed by atoms with Crippen LogP contribution in [0, 0.1) is 0 Å². The van der Waals surface area contributed by atoms with Gasteiger partial charge >= 0.3 is 0 Å². The highest BCUT2D eigenvalue weighted by atomic mass is 16.5. The zero-order valence-corrected chi connectivity index (χ0v) is 7.36. The highest BCUT2D eigenvalue weighted by molar-refractivity contribution is 5.90. The molecule has 68 valence electrons. The Hall–Kier alpha value is -1.77. The van der Waals surface area contributed by atoms with Crippen LogP contribution in [0.4, 0.5) is 0 Å². The first-order chi connectivity index (χ1) is 6.22. The molecule has 0 heterocycles. The fourth-order valence-electron chi connectivity index (χ4n) is 0.924. The molecular weight excluding hydrogens is 166 g/mol. The van der Waals surface area contributed by atoms with Crippen LogP contribution in [0.15, 0.2) is 30.3 Å². The third kappa shape index (κ3) is 2.99. The second-order valence-corrected chi connectivity index (χ2v) is 2.51. The van der Waals surface area contributed by atoms with Gasteiger partial charge in [0.05, 0.1) is 7.11 Å². The van der Waals surface area contributed by atoms with E-state index >= 15 is 0 Å². The molecule has 1 aromatic carbocycles. The van der Waals surface area contributed by atoms with Crippen LogP contribution in [-0.2, 0) is 4.79 Å². The van der Waals surface area contributed by atoms with Crippen LogP contribution in [0.2, 0.25) is 0 Å². The van der Waals surface area contributed by atoms with Crippen molar-refractivity contribution in [1.82, 2.24) is 0 Å². The van der Waals surface area contributed by atoms with Crippen LogP contribution in [0.3, 0.4) is 0 Å². The van der Waals surface area contributed by atoms with Gasteiger partial charge in [-0.3, -0.25) is 4.79 Å². The Balaban J connectivity index is 2.83. The first kappa shape index (κ1) is 9.32. The number of primary amides is 1. The maximum Gasteiger partial charge on any atom is 0.241 e. The Bertz CT molecular complexity index is 331. The molecule has 0 radical (unpaired) electrons. The van der Waals surface area contributed by atoms with Crippen molar-refractivity contribution in [3.8, 4) is 5.75 Å². The first-order valence-electron chi connectivity index (χ1n) is 3.84. The Kier molecular flexibility index (Phi) is 3.09. The van der Waals surface area contributed by atoms with E-state index in [-0.39, 0.29) is 0 Å². The molecule has 0 aromatic heterocycles. The minimum atomic E-state index is -0.456. The van der Waals surface area contributed by atoms with Crippen molar-refractivity contribution >= 4 is 12.0 Å². The summed E-state index contributed by atoms with van der Waals surface area (Å²) >= 11 is 0. The highest BCUT2D eigenvalue weighted by Gasteiger charge is 1.91. The monoisotopic (exact) mass is 177 g/mol. The van der Waals surface area contributed by atoms with Crippen molar-refractivity contribution < 1.29 is 9.53 Å². The van der Waals surface area contributed by atoms with Gasteiger partial charge in [0.25, 0.3) is 0 Å². The van der Waals surface area contributed by atoms with E-state index in [1.807, 2.05) is 24.3 Å². The molecular formula is C10H11NO2. The molecule has 0 aliphatic heterocycles. The van der Waals surface area contributed by atoms with Gasteiger partial charge in [-0.15, -0.1) is 0 Å². The maximum atomic E-state index is 10.4. The largest absolute Gasteiger partial charge is 0.497 e. The lowest BCUT2D eigenvalue weighted by atomic mass is 10.2. The van der Waals surface area contributed by atoms with E-state index in [2.05, 4.69) is 0 Å². The molecule has 0 fully saturated rings. The Morgan fingerprint density at radius 3 is 2.92 bits per heavy atom. The molecule has 3 heteroatoms. The van der Waals surface area contributed by atoms with Gasteiger partial charge in [-0.2, -0.15) is 0 Å². The van der Waals surface area contributed by atoms with Gasteiger partial charge in [-0.1, -0.05) is 12.1 Å². The molecule has 0 saturated heterocycles. The van der Waals surface area contributed by atoms with E-state index in [4.69, 9.17) is 10.5 Å². The van der Waals surface area contributed by atoms with Crippen molar-refractivity contribution in [3.05, 3.63) is 35.9 Å². The van der Waals surface area contributed by atoms with E-state index in [1.54, 1.807) is 13.2 Å². The summed E-state index contributed by atoms with van der Waals surface area (Å²) in [5.74, 6) is 0.300. The van der Waals surface area contributed by atoms with Gasteiger partial charge in [0.1, 0.15) is 5.75 Å². The van der Waals surface area contributed by atoms with Gasteiger partial charge in [-0.05, 0) is 23.8 Å². The number of ether oxygens (including phenoxy) is 1. The number of nitrogens with two attached hydrogens (primary N) is 1. The third-order valence-electron chi connectivity index (χ3n) is 1.53. The molecule has 0 spiro atoms. The molecule has 1 aromatic rings.